The molecule has 1 aromatic heterocycles. The quantitative estimate of drug-likeness (QED) is 0.573. The van der Waals surface area contributed by atoms with Gasteiger partial charge in [-0.25, -0.2) is 0 Å². The van der Waals surface area contributed by atoms with E-state index < -0.39 is 29.6 Å². The number of ether oxygens (including phenoxy) is 1. The van der Waals surface area contributed by atoms with E-state index in [2.05, 4.69) is 10.3 Å². The van der Waals surface area contributed by atoms with Crippen molar-refractivity contribution in [3.05, 3.63) is 46.0 Å². The van der Waals surface area contributed by atoms with E-state index in [9.17, 15) is 19.5 Å². The molecule has 1 aromatic rings. The molecule has 1 aliphatic heterocycles. The predicted octanol–water partition coefficient (Wildman–Crippen LogP) is -1.30. The number of hydrogen-bond acceptors (Lipinski definition) is 5. The summed E-state index contributed by atoms with van der Waals surface area (Å²) in [5.74, 6) is -0.980. The highest BCUT2D eigenvalue weighted by molar-refractivity contribution is 6.00. The number of aromatic nitrogens is 1. The van der Waals surface area contributed by atoms with E-state index in [-0.39, 0.29) is 17.0 Å². The van der Waals surface area contributed by atoms with Crippen LogP contribution in [0.25, 0.3) is 0 Å². The van der Waals surface area contributed by atoms with Crippen molar-refractivity contribution >= 4 is 11.7 Å². The smallest absolute Gasteiger partial charge is 0.260 e. The number of nitrogens with one attached hydrogen (secondary N) is 2. The van der Waals surface area contributed by atoms with E-state index in [0.29, 0.717) is 0 Å². The number of pyridine rings is 1. The Hall–Kier alpha value is -2.25. The molecule has 2 heterocycles. The number of rotatable bonds is 2. The number of amides is 1. The Morgan fingerprint density at radius 1 is 1.42 bits per heavy atom. The topological polar surface area (TPSA) is 112 Å². The lowest BCUT2D eigenvalue weighted by Gasteiger charge is -2.16. The number of hydrogen-bond donors (Lipinski definition) is 3. The first-order chi connectivity index (χ1) is 9.08. The molecular weight excluding hydrogens is 252 g/mol. The van der Waals surface area contributed by atoms with Crippen molar-refractivity contribution in [1.29, 1.82) is 0 Å². The van der Waals surface area contributed by atoms with E-state index in [1.54, 1.807) is 0 Å². The van der Waals surface area contributed by atoms with Gasteiger partial charge >= 0.3 is 0 Å². The van der Waals surface area contributed by atoms with Gasteiger partial charge in [-0.1, -0.05) is 0 Å². The van der Waals surface area contributed by atoms with Gasteiger partial charge < -0.3 is 20.1 Å². The van der Waals surface area contributed by atoms with Crippen molar-refractivity contribution in [2.24, 2.45) is 0 Å². The Morgan fingerprint density at radius 2 is 2.21 bits per heavy atom. The second-order valence-electron chi connectivity index (χ2n) is 4.34. The summed E-state index contributed by atoms with van der Waals surface area (Å²) >= 11 is 0. The molecule has 3 unspecified atom stereocenters. The molecule has 3 atom stereocenters. The molecule has 2 aliphatic rings. The average molecular weight is 262 g/mol. The first kappa shape index (κ1) is 11.8. The van der Waals surface area contributed by atoms with E-state index in [4.69, 9.17) is 4.74 Å². The van der Waals surface area contributed by atoms with Gasteiger partial charge in [0.25, 0.3) is 5.91 Å². The van der Waals surface area contributed by atoms with Gasteiger partial charge in [0.15, 0.2) is 11.2 Å². The molecule has 1 fully saturated rings. The molecule has 1 amide bonds. The SMILES string of the molecule is O=C(NC1=CC(=O)C2OC2C1O)c1c[nH]ccc1=O. The molecule has 0 bridgehead atoms. The highest BCUT2D eigenvalue weighted by Gasteiger charge is 2.53. The maximum Gasteiger partial charge on any atom is 0.260 e. The third-order valence-corrected chi connectivity index (χ3v) is 3.06. The van der Waals surface area contributed by atoms with Crippen molar-refractivity contribution in [2.75, 3.05) is 0 Å². The lowest BCUT2D eigenvalue weighted by Crippen LogP contribution is -2.38. The monoisotopic (exact) mass is 262 g/mol. The zero-order valence-corrected chi connectivity index (χ0v) is 9.62. The maximum absolute atomic E-state index is 11.9. The van der Waals surface area contributed by atoms with Crippen molar-refractivity contribution < 1.29 is 19.4 Å². The zero-order chi connectivity index (χ0) is 13.6. The minimum absolute atomic E-state index is 0.0528. The first-order valence-electron chi connectivity index (χ1n) is 5.65. The number of ketones is 1. The van der Waals surface area contributed by atoms with Crippen LogP contribution < -0.4 is 10.7 Å². The standard InChI is InChI=1S/C12H10N2O5/c15-7-1-2-13-4-5(7)12(18)14-6-3-8(16)10-11(19-10)9(6)17/h1-4,9-11,17H,(H,13,15)(H,14,18). The van der Waals surface area contributed by atoms with Crippen LogP contribution in [0.15, 0.2) is 35.0 Å². The molecule has 0 radical (unpaired) electrons. The third kappa shape index (κ3) is 1.98. The Labute approximate surface area is 106 Å². The van der Waals surface area contributed by atoms with Crippen LogP contribution in [-0.2, 0) is 9.53 Å². The molecule has 0 saturated carbocycles. The number of carbonyl (C=O) groups is 2. The Balaban J connectivity index is 1.82. The van der Waals surface area contributed by atoms with Crippen LogP contribution in [0.3, 0.4) is 0 Å². The molecule has 98 valence electrons. The molecule has 7 nitrogen and oxygen atoms in total. The number of H-pyrrole nitrogens is 1. The summed E-state index contributed by atoms with van der Waals surface area (Å²) in [6, 6.07) is 1.21. The number of aliphatic hydroxyl groups excluding tert-OH is 1. The minimum Gasteiger partial charge on any atom is -0.384 e. The van der Waals surface area contributed by atoms with Gasteiger partial charge in [-0.2, -0.15) is 0 Å². The van der Waals surface area contributed by atoms with Crippen LogP contribution in [0, 0.1) is 0 Å². The highest BCUT2D eigenvalue weighted by Crippen LogP contribution is 2.33. The van der Waals surface area contributed by atoms with Crippen LogP contribution >= 0.6 is 0 Å². The molecule has 0 aromatic carbocycles. The highest BCUT2D eigenvalue weighted by atomic mass is 16.6. The average Bonchev–Trinajstić information content (AvgIpc) is 3.17. The number of aliphatic hydroxyl groups is 1. The van der Waals surface area contributed by atoms with E-state index >= 15 is 0 Å². The van der Waals surface area contributed by atoms with Crippen LogP contribution in [0.2, 0.25) is 0 Å². The molecular formula is C12H10N2O5. The largest absolute Gasteiger partial charge is 0.384 e. The second-order valence-corrected chi connectivity index (χ2v) is 4.34. The Kier molecular flexibility index (Phi) is 2.58. The summed E-state index contributed by atoms with van der Waals surface area (Å²) in [6.07, 6.45) is 1.53. The van der Waals surface area contributed by atoms with Gasteiger partial charge in [0.1, 0.15) is 23.9 Å². The summed E-state index contributed by atoms with van der Waals surface area (Å²) in [4.78, 5) is 37.4. The molecule has 1 aliphatic carbocycles. The van der Waals surface area contributed by atoms with Crippen molar-refractivity contribution in [3.8, 4) is 0 Å². The fourth-order valence-electron chi connectivity index (χ4n) is 1.99. The fraction of sp³-hybridized carbons (Fsp3) is 0.250. The predicted molar refractivity (Wildman–Crippen MR) is 62.3 cm³/mol. The summed E-state index contributed by atoms with van der Waals surface area (Å²) in [6.45, 7) is 0. The second kappa shape index (κ2) is 4.15. The number of fused-ring (bicyclic) bond motifs is 1. The normalized spacial score (nSPS) is 28.4. The molecule has 3 N–H and O–H groups in total. The third-order valence-electron chi connectivity index (χ3n) is 3.06. The van der Waals surface area contributed by atoms with Gasteiger partial charge in [-0.15, -0.1) is 0 Å². The fourth-order valence-corrected chi connectivity index (χ4v) is 1.99. The van der Waals surface area contributed by atoms with Crippen molar-refractivity contribution in [3.63, 3.8) is 0 Å². The van der Waals surface area contributed by atoms with Crippen LogP contribution in [-0.4, -0.2) is 40.1 Å². The van der Waals surface area contributed by atoms with E-state index in [1.165, 1.54) is 18.5 Å². The minimum atomic E-state index is -1.06. The number of epoxide rings is 1. The van der Waals surface area contributed by atoms with E-state index in [1.807, 2.05) is 0 Å². The van der Waals surface area contributed by atoms with Crippen LogP contribution in [0.1, 0.15) is 10.4 Å². The Morgan fingerprint density at radius 3 is 2.95 bits per heavy atom. The zero-order valence-electron chi connectivity index (χ0n) is 9.62. The van der Waals surface area contributed by atoms with E-state index in [0.717, 1.165) is 6.08 Å². The summed E-state index contributed by atoms with van der Waals surface area (Å²) in [7, 11) is 0. The van der Waals surface area contributed by atoms with Gasteiger partial charge in [-0.3, -0.25) is 14.4 Å². The van der Waals surface area contributed by atoms with Gasteiger partial charge in [0.2, 0.25) is 0 Å². The molecule has 1 saturated heterocycles. The molecule has 7 heteroatoms. The Bertz CT molecular complexity index is 648. The maximum atomic E-state index is 11.9. The first-order valence-corrected chi connectivity index (χ1v) is 5.65. The van der Waals surface area contributed by atoms with Crippen LogP contribution in [0.5, 0.6) is 0 Å². The molecule has 3 rings (SSSR count). The lowest BCUT2D eigenvalue weighted by molar-refractivity contribution is -0.116. The van der Waals surface area contributed by atoms with Gasteiger partial charge in [-0.05, 0) is 0 Å². The number of carbonyl (C=O) groups excluding carboxylic acids is 2. The van der Waals surface area contributed by atoms with Gasteiger partial charge in [0.05, 0.1) is 5.70 Å². The summed E-state index contributed by atoms with van der Waals surface area (Å²) < 4.78 is 4.97. The number of aromatic amines is 1. The summed E-state index contributed by atoms with van der Waals surface area (Å²) in [5, 5.41) is 12.2. The summed E-state index contributed by atoms with van der Waals surface area (Å²) in [5.41, 5.74) is -0.493. The lowest BCUT2D eigenvalue weighted by atomic mass is 10.0. The molecule has 0 spiro atoms. The van der Waals surface area contributed by atoms with Gasteiger partial charge in [0, 0.05) is 24.5 Å². The van der Waals surface area contributed by atoms with Crippen molar-refractivity contribution in [1.82, 2.24) is 10.3 Å². The van der Waals surface area contributed by atoms with Crippen LogP contribution in [0.4, 0.5) is 0 Å². The molecule has 19 heavy (non-hydrogen) atoms. The van der Waals surface area contributed by atoms with Crippen molar-refractivity contribution in [2.45, 2.75) is 18.3 Å².